The van der Waals surface area contributed by atoms with Crippen molar-refractivity contribution in [3.63, 3.8) is 0 Å². The maximum absolute atomic E-state index is 12.4. The van der Waals surface area contributed by atoms with E-state index < -0.39 is 0 Å². The summed E-state index contributed by atoms with van der Waals surface area (Å²) in [6.45, 7) is 4.45. The van der Waals surface area contributed by atoms with Gasteiger partial charge in [0.15, 0.2) is 5.76 Å². The van der Waals surface area contributed by atoms with E-state index in [4.69, 9.17) is 9.68 Å². The molecule has 1 N–H and O–H groups in total. The molecule has 0 radical (unpaired) electrons. The molecule has 146 valence electrons. The number of rotatable bonds is 4. The van der Waals surface area contributed by atoms with Gasteiger partial charge in [0.25, 0.3) is 5.91 Å². The Morgan fingerprint density at radius 1 is 1.14 bits per heavy atom. The van der Waals surface area contributed by atoms with Gasteiger partial charge in [0.1, 0.15) is 5.82 Å². The number of amides is 1. The van der Waals surface area contributed by atoms with Gasteiger partial charge in [-0.2, -0.15) is 10.2 Å². The highest BCUT2D eigenvalue weighted by molar-refractivity contribution is 5.91. The molecule has 0 aliphatic carbocycles. The minimum Gasteiger partial charge on any atom is -0.459 e. The summed E-state index contributed by atoms with van der Waals surface area (Å²) in [6.07, 6.45) is 1.51. The first-order valence-corrected chi connectivity index (χ1v) is 9.33. The lowest BCUT2D eigenvalue weighted by Crippen LogP contribution is -2.49. The molecule has 0 spiro atoms. The number of carbonyl (C=O) groups excluding carboxylic acids is 1. The molecule has 3 aromatic rings. The summed E-state index contributed by atoms with van der Waals surface area (Å²) in [7, 11) is 0. The van der Waals surface area contributed by atoms with Crippen molar-refractivity contribution in [1.82, 2.24) is 14.9 Å². The minimum absolute atomic E-state index is 0.0896. The highest BCUT2D eigenvalue weighted by atomic mass is 16.3. The fourth-order valence-electron chi connectivity index (χ4n) is 3.26. The lowest BCUT2D eigenvalue weighted by Gasteiger charge is -2.35. The third-order valence-electron chi connectivity index (χ3n) is 4.71. The van der Waals surface area contributed by atoms with E-state index in [2.05, 4.69) is 26.3 Å². The zero-order chi connectivity index (χ0) is 20.2. The molecular weight excluding hydrogens is 368 g/mol. The van der Waals surface area contributed by atoms with Gasteiger partial charge in [0.05, 0.1) is 17.9 Å². The Hall–Kier alpha value is -3.86. The van der Waals surface area contributed by atoms with Crippen molar-refractivity contribution in [2.24, 2.45) is 0 Å². The minimum atomic E-state index is -0.0896. The molecule has 4 rings (SSSR count). The second kappa shape index (κ2) is 8.02. The standard InChI is InChI=1S/C21H20N6O2/c1-15-12-19(25-21(23-15)24-17-5-2-4-16(13-17)14-22)26-7-9-27(10-8-26)20(28)18-6-3-11-29-18/h2-6,11-13H,7-10H2,1H3,(H,23,24,25). The SMILES string of the molecule is Cc1cc(N2CCN(C(=O)c3ccco3)CC2)nc(Nc2cccc(C#N)c2)n1. The highest BCUT2D eigenvalue weighted by Gasteiger charge is 2.24. The maximum Gasteiger partial charge on any atom is 0.289 e. The molecule has 1 fully saturated rings. The summed E-state index contributed by atoms with van der Waals surface area (Å²) in [5.74, 6) is 1.56. The molecule has 29 heavy (non-hydrogen) atoms. The number of hydrogen-bond donors (Lipinski definition) is 1. The number of nitrogens with zero attached hydrogens (tertiary/aromatic N) is 5. The van der Waals surface area contributed by atoms with E-state index in [-0.39, 0.29) is 5.91 Å². The van der Waals surface area contributed by atoms with Crippen LogP contribution in [0.2, 0.25) is 0 Å². The van der Waals surface area contributed by atoms with E-state index in [1.165, 1.54) is 6.26 Å². The van der Waals surface area contributed by atoms with Crippen LogP contribution in [0.15, 0.2) is 53.1 Å². The summed E-state index contributed by atoms with van der Waals surface area (Å²) in [6, 6.07) is 14.6. The molecule has 0 bridgehead atoms. The second-order valence-corrected chi connectivity index (χ2v) is 6.77. The molecule has 1 saturated heterocycles. The van der Waals surface area contributed by atoms with Crippen molar-refractivity contribution in [3.05, 3.63) is 65.7 Å². The molecule has 1 aliphatic rings. The van der Waals surface area contributed by atoms with Crippen LogP contribution < -0.4 is 10.2 Å². The van der Waals surface area contributed by atoms with Gasteiger partial charge in [-0.1, -0.05) is 6.07 Å². The van der Waals surface area contributed by atoms with Crippen molar-refractivity contribution < 1.29 is 9.21 Å². The number of piperazine rings is 1. The van der Waals surface area contributed by atoms with E-state index in [1.807, 2.05) is 25.1 Å². The average Bonchev–Trinajstić information content (AvgIpc) is 3.28. The Labute approximate surface area is 168 Å². The first kappa shape index (κ1) is 18.5. The van der Waals surface area contributed by atoms with Crippen LogP contribution >= 0.6 is 0 Å². The second-order valence-electron chi connectivity index (χ2n) is 6.77. The van der Waals surface area contributed by atoms with Crippen LogP contribution in [0, 0.1) is 18.3 Å². The van der Waals surface area contributed by atoms with Crippen LogP contribution in [0.5, 0.6) is 0 Å². The van der Waals surface area contributed by atoms with Crippen LogP contribution in [-0.2, 0) is 0 Å². The molecule has 1 aromatic carbocycles. The van der Waals surface area contributed by atoms with E-state index in [0.29, 0.717) is 43.5 Å². The predicted molar refractivity (Wildman–Crippen MR) is 108 cm³/mol. The summed E-state index contributed by atoms with van der Waals surface area (Å²) < 4.78 is 5.21. The monoisotopic (exact) mass is 388 g/mol. The fourth-order valence-corrected chi connectivity index (χ4v) is 3.26. The number of anilines is 3. The van der Waals surface area contributed by atoms with E-state index in [1.54, 1.807) is 29.2 Å². The third-order valence-corrected chi connectivity index (χ3v) is 4.71. The van der Waals surface area contributed by atoms with Gasteiger partial charge >= 0.3 is 0 Å². The number of nitriles is 1. The predicted octanol–water partition coefficient (Wildman–Crippen LogP) is 2.96. The third kappa shape index (κ3) is 4.19. The largest absolute Gasteiger partial charge is 0.459 e. The molecule has 1 aliphatic heterocycles. The summed E-state index contributed by atoms with van der Waals surface area (Å²) in [4.78, 5) is 25.4. The molecule has 2 aromatic heterocycles. The number of carbonyl (C=O) groups is 1. The lowest BCUT2D eigenvalue weighted by atomic mass is 10.2. The van der Waals surface area contributed by atoms with Crippen LogP contribution in [-0.4, -0.2) is 47.0 Å². The topological polar surface area (TPSA) is 98.3 Å². The van der Waals surface area contributed by atoms with Gasteiger partial charge in [0.2, 0.25) is 5.95 Å². The maximum atomic E-state index is 12.4. The van der Waals surface area contributed by atoms with Crippen molar-refractivity contribution in [2.45, 2.75) is 6.92 Å². The smallest absolute Gasteiger partial charge is 0.289 e. The Bertz CT molecular complexity index is 1050. The van der Waals surface area contributed by atoms with Gasteiger partial charge in [-0.3, -0.25) is 4.79 Å². The Balaban J connectivity index is 1.45. The summed E-state index contributed by atoms with van der Waals surface area (Å²) in [5.41, 5.74) is 2.16. The van der Waals surface area contributed by atoms with Gasteiger partial charge in [-0.15, -0.1) is 0 Å². The number of furan rings is 1. The summed E-state index contributed by atoms with van der Waals surface area (Å²) in [5, 5.41) is 12.2. The summed E-state index contributed by atoms with van der Waals surface area (Å²) >= 11 is 0. The zero-order valence-electron chi connectivity index (χ0n) is 16.0. The normalized spacial score (nSPS) is 13.8. The quantitative estimate of drug-likeness (QED) is 0.734. The number of aromatic nitrogens is 2. The van der Waals surface area contributed by atoms with Gasteiger partial charge in [-0.05, 0) is 37.3 Å². The van der Waals surface area contributed by atoms with Crippen molar-refractivity contribution in [1.29, 1.82) is 5.26 Å². The van der Waals surface area contributed by atoms with Crippen LogP contribution in [0.4, 0.5) is 17.5 Å². The Kier molecular flexibility index (Phi) is 5.12. The molecule has 0 atom stereocenters. The van der Waals surface area contributed by atoms with E-state index in [9.17, 15) is 4.79 Å². The van der Waals surface area contributed by atoms with Crippen molar-refractivity contribution in [3.8, 4) is 6.07 Å². The Morgan fingerprint density at radius 2 is 1.97 bits per heavy atom. The van der Waals surface area contributed by atoms with E-state index >= 15 is 0 Å². The first-order chi connectivity index (χ1) is 14.1. The number of nitrogens with one attached hydrogen (secondary N) is 1. The highest BCUT2D eigenvalue weighted by Crippen LogP contribution is 2.21. The molecular formula is C21H20N6O2. The molecule has 1 amide bonds. The number of hydrogen-bond acceptors (Lipinski definition) is 7. The Morgan fingerprint density at radius 3 is 2.69 bits per heavy atom. The molecule has 8 heteroatoms. The average molecular weight is 388 g/mol. The van der Waals surface area contributed by atoms with Crippen molar-refractivity contribution in [2.75, 3.05) is 36.4 Å². The fraction of sp³-hybridized carbons (Fsp3) is 0.238. The molecule has 0 saturated carbocycles. The van der Waals surface area contributed by atoms with Crippen molar-refractivity contribution >= 4 is 23.4 Å². The molecule has 3 heterocycles. The lowest BCUT2D eigenvalue weighted by molar-refractivity contribution is 0.0714. The van der Waals surface area contributed by atoms with Gasteiger partial charge in [-0.25, -0.2) is 4.98 Å². The molecule has 0 unspecified atom stereocenters. The molecule has 8 nitrogen and oxygen atoms in total. The van der Waals surface area contributed by atoms with E-state index in [0.717, 1.165) is 17.2 Å². The van der Waals surface area contributed by atoms with Crippen LogP contribution in [0.3, 0.4) is 0 Å². The zero-order valence-corrected chi connectivity index (χ0v) is 16.0. The number of benzene rings is 1. The first-order valence-electron chi connectivity index (χ1n) is 9.33. The number of aryl methyl sites for hydroxylation is 1. The van der Waals surface area contributed by atoms with Gasteiger partial charge in [0, 0.05) is 43.6 Å². The van der Waals surface area contributed by atoms with Crippen LogP contribution in [0.1, 0.15) is 21.8 Å². The van der Waals surface area contributed by atoms with Crippen LogP contribution in [0.25, 0.3) is 0 Å². The van der Waals surface area contributed by atoms with Gasteiger partial charge < -0.3 is 19.5 Å².